The summed E-state index contributed by atoms with van der Waals surface area (Å²) < 4.78 is 4.93. The van der Waals surface area contributed by atoms with Crippen LogP contribution in [0.4, 0.5) is 0 Å². The lowest BCUT2D eigenvalue weighted by atomic mass is 9.88. The van der Waals surface area contributed by atoms with Gasteiger partial charge in [0.25, 0.3) is 0 Å². The van der Waals surface area contributed by atoms with Crippen LogP contribution in [0.2, 0.25) is 0 Å². The van der Waals surface area contributed by atoms with Crippen LogP contribution in [0.25, 0.3) is 0 Å². The van der Waals surface area contributed by atoms with Gasteiger partial charge in [-0.2, -0.15) is 0 Å². The maximum atomic E-state index is 11.4. The fourth-order valence-corrected chi connectivity index (χ4v) is 1.61. The number of nitrogens with zero attached hydrogens (tertiary/aromatic N) is 1. The van der Waals surface area contributed by atoms with E-state index in [4.69, 9.17) is 27.9 Å². The molecule has 0 amide bonds. The van der Waals surface area contributed by atoms with Crippen molar-refractivity contribution in [1.29, 1.82) is 0 Å². The van der Waals surface area contributed by atoms with Crippen molar-refractivity contribution in [3.8, 4) is 0 Å². The monoisotopic (exact) mass is 267 g/mol. The molecule has 0 N–H and O–H groups in total. The van der Waals surface area contributed by atoms with Crippen LogP contribution >= 0.6 is 23.2 Å². The maximum absolute atomic E-state index is 11.4. The molecule has 3 nitrogen and oxygen atoms in total. The molecular formula is C11H19Cl2NO2. The normalized spacial score (nSPS) is 15.1. The zero-order valence-corrected chi connectivity index (χ0v) is 11.9. The van der Waals surface area contributed by atoms with Gasteiger partial charge in [-0.3, -0.25) is 4.99 Å². The third-order valence-electron chi connectivity index (χ3n) is 1.93. The molecule has 5 heteroatoms. The molecule has 0 aromatic carbocycles. The standard InChI is InChI=1S/C11H19Cl2NO2/c1-7(2)16-10(15)9(13)14-8(6-12)11(3,4)5/h7-8H,6H2,1-5H3/b14-9-/t8-/m1/s1. The molecule has 0 unspecified atom stereocenters. The van der Waals surface area contributed by atoms with Gasteiger partial charge in [0.1, 0.15) is 0 Å². The first-order valence-corrected chi connectivity index (χ1v) is 6.10. The van der Waals surface area contributed by atoms with Gasteiger partial charge in [-0.05, 0) is 19.3 Å². The van der Waals surface area contributed by atoms with E-state index < -0.39 is 5.97 Å². The predicted molar refractivity (Wildman–Crippen MR) is 68.5 cm³/mol. The largest absolute Gasteiger partial charge is 0.458 e. The summed E-state index contributed by atoms with van der Waals surface area (Å²) in [5.74, 6) is -0.287. The minimum absolute atomic E-state index is 0.139. The smallest absolute Gasteiger partial charge is 0.368 e. The Morgan fingerprint density at radius 2 is 1.88 bits per heavy atom. The van der Waals surface area contributed by atoms with Gasteiger partial charge >= 0.3 is 5.97 Å². The minimum Gasteiger partial charge on any atom is -0.458 e. The van der Waals surface area contributed by atoms with Crippen LogP contribution in [0.15, 0.2) is 4.99 Å². The number of alkyl halides is 1. The first-order valence-electron chi connectivity index (χ1n) is 5.18. The van der Waals surface area contributed by atoms with Crippen molar-refractivity contribution in [2.45, 2.75) is 46.8 Å². The van der Waals surface area contributed by atoms with Gasteiger partial charge in [0.2, 0.25) is 5.17 Å². The summed E-state index contributed by atoms with van der Waals surface area (Å²) in [7, 11) is 0. The molecule has 0 radical (unpaired) electrons. The summed E-state index contributed by atoms with van der Waals surface area (Å²) in [6, 6.07) is -0.207. The Kier molecular flexibility index (Phi) is 6.34. The van der Waals surface area contributed by atoms with Gasteiger partial charge in [-0.25, -0.2) is 4.79 Å². The van der Waals surface area contributed by atoms with Crippen molar-refractivity contribution >= 4 is 34.3 Å². The SMILES string of the molecule is CC(C)OC(=O)/C(Cl)=N/[C@H](CCl)C(C)(C)C. The Balaban J connectivity index is 4.68. The Bertz CT molecular complexity index is 270. The van der Waals surface area contributed by atoms with Crippen LogP contribution in [0, 0.1) is 5.41 Å². The first kappa shape index (κ1) is 15.7. The molecule has 0 saturated heterocycles. The number of hydrogen-bond donors (Lipinski definition) is 0. The van der Waals surface area contributed by atoms with Gasteiger partial charge in [0.15, 0.2) is 0 Å². The van der Waals surface area contributed by atoms with Crippen molar-refractivity contribution in [2.24, 2.45) is 10.4 Å². The number of carbonyl (C=O) groups is 1. The maximum Gasteiger partial charge on any atom is 0.368 e. The van der Waals surface area contributed by atoms with Crippen molar-refractivity contribution in [3.05, 3.63) is 0 Å². The van der Waals surface area contributed by atoms with Gasteiger partial charge in [0, 0.05) is 5.88 Å². The number of ether oxygens (including phenoxy) is 1. The van der Waals surface area contributed by atoms with Crippen molar-refractivity contribution in [3.63, 3.8) is 0 Å². The molecule has 0 aromatic rings. The average Bonchev–Trinajstić information content (AvgIpc) is 2.10. The van der Waals surface area contributed by atoms with E-state index in [1.807, 2.05) is 20.8 Å². The minimum atomic E-state index is -0.601. The Hall–Kier alpha value is -0.280. The van der Waals surface area contributed by atoms with Crippen LogP contribution in [0.5, 0.6) is 0 Å². The molecule has 0 bridgehead atoms. The molecule has 0 aliphatic carbocycles. The summed E-state index contributed by atoms with van der Waals surface area (Å²) >= 11 is 11.6. The van der Waals surface area contributed by atoms with Crippen LogP contribution in [-0.4, -0.2) is 29.2 Å². The van der Waals surface area contributed by atoms with E-state index in [0.717, 1.165) is 0 Å². The van der Waals surface area contributed by atoms with E-state index in [1.54, 1.807) is 13.8 Å². The molecule has 0 spiro atoms. The second kappa shape index (κ2) is 6.45. The lowest BCUT2D eigenvalue weighted by Crippen LogP contribution is -2.28. The summed E-state index contributed by atoms with van der Waals surface area (Å²) in [5.41, 5.74) is -0.139. The summed E-state index contributed by atoms with van der Waals surface area (Å²) in [5, 5.41) is -0.144. The van der Waals surface area contributed by atoms with Gasteiger partial charge < -0.3 is 4.74 Å². The molecule has 0 saturated carbocycles. The fourth-order valence-electron chi connectivity index (χ4n) is 0.912. The second-order valence-corrected chi connectivity index (χ2v) is 5.58. The highest BCUT2D eigenvalue weighted by Gasteiger charge is 2.25. The van der Waals surface area contributed by atoms with Crippen LogP contribution < -0.4 is 0 Å². The number of aliphatic imine (C=N–C) groups is 1. The number of esters is 1. The van der Waals surface area contributed by atoms with Gasteiger partial charge in [-0.15, -0.1) is 11.6 Å². The van der Waals surface area contributed by atoms with E-state index in [-0.39, 0.29) is 22.7 Å². The van der Waals surface area contributed by atoms with Gasteiger partial charge in [-0.1, -0.05) is 32.4 Å². The highest BCUT2D eigenvalue weighted by atomic mass is 35.5. The van der Waals surface area contributed by atoms with E-state index in [9.17, 15) is 4.79 Å². The number of carbonyl (C=O) groups excluding carboxylic acids is 1. The van der Waals surface area contributed by atoms with Gasteiger partial charge in [0.05, 0.1) is 12.1 Å². The molecule has 16 heavy (non-hydrogen) atoms. The fraction of sp³-hybridized carbons (Fsp3) is 0.818. The number of rotatable bonds is 4. The highest BCUT2D eigenvalue weighted by molar-refractivity contribution is 6.82. The highest BCUT2D eigenvalue weighted by Crippen LogP contribution is 2.24. The molecule has 94 valence electrons. The Morgan fingerprint density at radius 3 is 2.19 bits per heavy atom. The molecule has 0 aromatic heterocycles. The Labute approximate surface area is 107 Å². The van der Waals surface area contributed by atoms with Crippen LogP contribution in [0.1, 0.15) is 34.6 Å². The topological polar surface area (TPSA) is 38.7 Å². The molecular weight excluding hydrogens is 249 g/mol. The Morgan fingerprint density at radius 1 is 1.38 bits per heavy atom. The van der Waals surface area contributed by atoms with Crippen molar-refractivity contribution in [2.75, 3.05) is 5.88 Å². The quantitative estimate of drug-likeness (QED) is 0.446. The summed E-state index contributed by atoms with van der Waals surface area (Å²) in [6.07, 6.45) is -0.208. The first-order chi connectivity index (χ1) is 7.18. The van der Waals surface area contributed by atoms with E-state index >= 15 is 0 Å². The van der Waals surface area contributed by atoms with Crippen LogP contribution in [0.3, 0.4) is 0 Å². The third-order valence-corrected chi connectivity index (χ3v) is 2.47. The predicted octanol–water partition coefficient (Wildman–Crippen LogP) is 3.23. The van der Waals surface area contributed by atoms with Crippen molar-refractivity contribution < 1.29 is 9.53 Å². The molecule has 0 aliphatic heterocycles. The van der Waals surface area contributed by atoms with E-state index in [1.165, 1.54) is 0 Å². The second-order valence-electron chi connectivity index (χ2n) is 4.91. The zero-order valence-electron chi connectivity index (χ0n) is 10.4. The molecule has 0 fully saturated rings. The molecule has 0 heterocycles. The molecule has 0 rings (SSSR count). The average molecular weight is 268 g/mol. The van der Waals surface area contributed by atoms with Crippen molar-refractivity contribution in [1.82, 2.24) is 0 Å². The van der Waals surface area contributed by atoms with E-state index in [0.29, 0.717) is 5.88 Å². The lowest BCUT2D eigenvalue weighted by molar-refractivity contribution is -0.138. The van der Waals surface area contributed by atoms with Crippen LogP contribution in [-0.2, 0) is 9.53 Å². The number of hydrogen-bond acceptors (Lipinski definition) is 3. The molecule has 0 aliphatic rings. The lowest BCUT2D eigenvalue weighted by Gasteiger charge is -2.25. The third kappa shape index (κ3) is 5.71. The molecule has 1 atom stereocenters. The summed E-state index contributed by atoms with van der Waals surface area (Å²) in [4.78, 5) is 15.5. The summed E-state index contributed by atoms with van der Waals surface area (Å²) in [6.45, 7) is 9.47. The van der Waals surface area contributed by atoms with E-state index in [2.05, 4.69) is 4.99 Å². The number of halogens is 2. The zero-order chi connectivity index (χ0) is 12.9.